The van der Waals surface area contributed by atoms with Crippen LogP contribution in [0, 0.1) is 29.8 Å². The van der Waals surface area contributed by atoms with Crippen LogP contribution in [0.1, 0.15) is 28.8 Å². The molecule has 3 aromatic rings. The molecular weight excluding hydrogens is 367 g/mol. The van der Waals surface area contributed by atoms with Crippen molar-refractivity contribution in [2.45, 2.75) is 26.4 Å². The average molecular weight is 386 g/mol. The van der Waals surface area contributed by atoms with Gasteiger partial charge in [-0.1, -0.05) is 12.1 Å². The number of halogens is 1. The van der Waals surface area contributed by atoms with E-state index in [0.29, 0.717) is 17.1 Å². The molecule has 0 aliphatic rings. The minimum atomic E-state index is -0.611. The van der Waals surface area contributed by atoms with Gasteiger partial charge in [-0.15, -0.1) is 0 Å². The van der Waals surface area contributed by atoms with Crippen LogP contribution in [0.5, 0.6) is 0 Å². The molecule has 0 bridgehead atoms. The summed E-state index contributed by atoms with van der Waals surface area (Å²) in [6.45, 7) is 2.87. The monoisotopic (exact) mass is 386 g/mol. The summed E-state index contributed by atoms with van der Waals surface area (Å²) >= 11 is 0. The lowest BCUT2D eigenvalue weighted by Gasteiger charge is -2.19. The highest BCUT2D eigenvalue weighted by Gasteiger charge is 2.25. The maximum absolute atomic E-state index is 13.3. The average Bonchev–Trinajstić information content (AvgIpc) is 3.16. The summed E-state index contributed by atoms with van der Waals surface area (Å²) in [6.07, 6.45) is 3.34. The van der Waals surface area contributed by atoms with Crippen molar-refractivity contribution in [1.82, 2.24) is 24.6 Å². The van der Waals surface area contributed by atoms with Gasteiger partial charge < -0.3 is 9.88 Å². The Balaban J connectivity index is 1.86. The summed E-state index contributed by atoms with van der Waals surface area (Å²) < 4.78 is 16.3. The van der Waals surface area contributed by atoms with Crippen LogP contribution in [-0.2, 0) is 18.4 Å². The van der Waals surface area contributed by atoms with Crippen LogP contribution in [0.3, 0.4) is 0 Å². The second kappa shape index (κ2) is 7.59. The topological polar surface area (TPSA) is 108 Å². The number of imidazole rings is 1. The summed E-state index contributed by atoms with van der Waals surface area (Å²) in [7, 11) is 1.79. The Morgan fingerprint density at radius 2 is 2.00 bits per heavy atom. The summed E-state index contributed by atoms with van der Waals surface area (Å²) in [5.74, 6) is -0.222. The number of nitrogens with zero attached hydrogens (tertiary/aromatic N) is 5. The van der Waals surface area contributed by atoms with Crippen molar-refractivity contribution < 1.29 is 14.1 Å². The van der Waals surface area contributed by atoms with E-state index in [4.69, 9.17) is 0 Å². The molecule has 9 nitrogen and oxygen atoms in total. The Labute approximate surface area is 160 Å². The Kier molecular flexibility index (Phi) is 5.21. The van der Waals surface area contributed by atoms with Gasteiger partial charge in [-0.05, 0) is 31.5 Å². The first kappa shape index (κ1) is 19.2. The lowest BCUT2D eigenvalue weighted by atomic mass is 10.1. The van der Waals surface area contributed by atoms with Crippen LogP contribution >= 0.6 is 0 Å². The van der Waals surface area contributed by atoms with Crippen molar-refractivity contribution in [2.75, 3.05) is 0 Å². The van der Waals surface area contributed by atoms with Gasteiger partial charge in [-0.25, -0.2) is 9.37 Å². The minimum Gasteiger partial charge on any atom is -0.340 e. The minimum absolute atomic E-state index is 0.105. The maximum atomic E-state index is 13.3. The highest BCUT2D eigenvalue weighted by atomic mass is 19.1. The SMILES string of the molecule is Cc1nn(CC(=O)NC(c2ccc(F)cc2)c2nccn2C)c(C)c1[N+](=O)[O-]. The first-order valence-corrected chi connectivity index (χ1v) is 8.48. The molecule has 1 unspecified atom stereocenters. The second-order valence-corrected chi connectivity index (χ2v) is 6.38. The molecule has 0 spiro atoms. The number of hydrogen-bond donors (Lipinski definition) is 1. The summed E-state index contributed by atoms with van der Waals surface area (Å²) in [6, 6.07) is 5.15. The number of benzene rings is 1. The van der Waals surface area contributed by atoms with E-state index in [1.807, 2.05) is 0 Å². The molecule has 1 N–H and O–H groups in total. The van der Waals surface area contributed by atoms with Crippen LogP contribution in [0.25, 0.3) is 0 Å². The first-order chi connectivity index (χ1) is 13.3. The van der Waals surface area contributed by atoms with Gasteiger partial charge in [0.1, 0.15) is 35.6 Å². The maximum Gasteiger partial charge on any atom is 0.312 e. The Hall–Kier alpha value is -3.56. The number of nitrogens with one attached hydrogen (secondary N) is 1. The van der Waals surface area contributed by atoms with Crippen molar-refractivity contribution in [3.63, 3.8) is 0 Å². The van der Waals surface area contributed by atoms with Crippen LogP contribution < -0.4 is 5.32 Å². The Bertz CT molecular complexity index is 1020. The third kappa shape index (κ3) is 3.75. The van der Waals surface area contributed by atoms with Gasteiger partial charge in [0.25, 0.3) is 0 Å². The quantitative estimate of drug-likeness (QED) is 0.516. The third-order valence-electron chi connectivity index (χ3n) is 4.44. The number of carbonyl (C=O) groups is 1. The van der Waals surface area contributed by atoms with E-state index in [-0.39, 0.29) is 23.7 Å². The molecule has 2 heterocycles. The number of amides is 1. The molecule has 3 rings (SSSR count). The number of rotatable bonds is 6. The Morgan fingerprint density at radius 3 is 2.54 bits per heavy atom. The normalized spacial score (nSPS) is 12.0. The lowest BCUT2D eigenvalue weighted by molar-refractivity contribution is -0.386. The van der Waals surface area contributed by atoms with Crippen LogP contribution in [0.4, 0.5) is 10.1 Å². The van der Waals surface area contributed by atoms with Crippen molar-refractivity contribution >= 4 is 11.6 Å². The van der Waals surface area contributed by atoms with Crippen molar-refractivity contribution in [1.29, 1.82) is 0 Å². The highest BCUT2D eigenvalue weighted by Crippen LogP contribution is 2.23. The molecule has 1 aromatic carbocycles. The molecule has 10 heteroatoms. The van der Waals surface area contributed by atoms with E-state index in [0.717, 1.165) is 0 Å². The largest absolute Gasteiger partial charge is 0.340 e. The molecule has 0 saturated carbocycles. The smallest absolute Gasteiger partial charge is 0.312 e. The fraction of sp³-hybridized carbons (Fsp3) is 0.278. The summed E-state index contributed by atoms with van der Waals surface area (Å²) in [5.41, 5.74) is 1.10. The second-order valence-electron chi connectivity index (χ2n) is 6.38. The molecule has 1 atom stereocenters. The van der Waals surface area contributed by atoms with Crippen LogP contribution in [0.2, 0.25) is 0 Å². The molecule has 146 valence electrons. The van der Waals surface area contributed by atoms with Gasteiger partial charge in [0.2, 0.25) is 5.91 Å². The van der Waals surface area contributed by atoms with E-state index >= 15 is 0 Å². The molecular formula is C18H19FN6O3. The molecule has 0 radical (unpaired) electrons. The number of aryl methyl sites for hydroxylation is 2. The number of carbonyl (C=O) groups excluding carboxylic acids is 1. The fourth-order valence-corrected chi connectivity index (χ4v) is 3.06. The van der Waals surface area contributed by atoms with E-state index < -0.39 is 16.9 Å². The molecule has 1 amide bonds. The van der Waals surface area contributed by atoms with Gasteiger partial charge in [0, 0.05) is 19.4 Å². The van der Waals surface area contributed by atoms with Crippen molar-refractivity contribution in [3.8, 4) is 0 Å². The van der Waals surface area contributed by atoms with Crippen molar-refractivity contribution in [3.05, 3.63) is 75.4 Å². The van der Waals surface area contributed by atoms with Crippen LogP contribution in [0.15, 0.2) is 36.7 Å². The van der Waals surface area contributed by atoms with E-state index in [1.54, 1.807) is 43.1 Å². The van der Waals surface area contributed by atoms with E-state index in [9.17, 15) is 19.3 Å². The zero-order valence-electron chi connectivity index (χ0n) is 15.6. The number of nitro groups is 1. The van der Waals surface area contributed by atoms with E-state index in [2.05, 4.69) is 15.4 Å². The fourth-order valence-electron chi connectivity index (χ4n) is 3.06. The molecule has 0 aliphatic carbocycles. The molecule has 28 heavy (non-hydrogen) atoms. The van der Waals surface area contributed by atoms with Crippen molar-refractivity contribution in [2.24, 2.45) is 7.05 Å². The van der Waals surface area contributed by atoms with Gasteiger partial charge in [-0.3, -0.25) is 19.6 Å². The Morgan fingerprint density at radius 1 is 1.32 bits per heavy atom. The van der Waals surface area contributed by atoms with Gasteiger partial charge in [0.05, 0.1) is 4.92 Å². The predicted octanol–water partition coefficient (Wildman–Crippen LogP) is 2.19. The van der Waals surface area contributed by atoms with Gasteiger partial charge in [-0.2, -0.15) is 5.10 Å². The zero-order chi connectivity index (χ0) is 20.4. The van der Waals surface area contributed by atoms with Gasteiger partial charge >= 0.3 is 5.69 Å². The zero-order valence-corrected chi connectivity index (χ0v) is 15.6. The van der Waals surface area contributed by atoms with Gasteiger partial charge in [0.15, 0.2) is 0 Å². The number of aromatic nitrogens is 4. The molecule has 0 saturated heterocycles. The van der Waals surface area contributed by atoms with Crippen LogP contribution in [-0.4, -0.2) is 30.2 Å². The van der Waals surface area contributed by atoms with E-state index in [1.165, 1.54) is 23.7 Å². The summed E-state index contributed by atoms with van der Waals surface area (Å²) in [5, 5.41) is 18.1. The molecule has 2 aromatic heterocycles. The highest BCUT2D eigenvalue weighted by molar-refractivity contribution is 5.76. The summed E-state index contributed by atoms with van der Waals surface area (Å²) in [4.78, 5) is 27.6. The lowest BCUT2D eigenvalue weighted by Crippen LogP contribution is -2.34. The molecule has 0 aliphatic heterocycles. The predicted molar refractivity (Wildman–Crippen MR) is 97.9 cm³/mol. The molecule has 0 fully saturated rings. The third-order valence-corrected chi connectivity index (χ3v) is 4.44. The first-order valence-electron chi connectivity index (χ1n) is 8.48. The standard InChI is InChI=1S/C18H19FN6O3/c1-11-17(25(27)28)12(2)24(22-11)10-15(26)21-16(18-20-8-9-23(18)3)13-4-6-14(19)7-5-13/h4-9,16H,10H2,1-3H3,(H,21,26). The number of hydrogen-bond acceptors (Lipinski definition) is 5.